The molecule has 2 nitrogen and oxygen atoms in total. The van der Waals surface area contributed by atoms with E-state index < -0.39 is 0 Å². The summed E-state index contributed by atoms with van der Waals surface area (Å²) in [6, 6.07) is 10.7. The summed E-state index contributed by atoms with van der Waals surface area (Å²) < 4.78 is 0. The Labute approximate surface area is 104 Å². The highest BCUT2D eigenvalue weighted by Gasteiger charge is 2.19. The van der Waals surface area contributed by atoms with Gasteiger partial charge in [-0.15, -0.1) is 0 Å². The number of piperidine rings is 1. The predicted molar refractivity (Wildman–Crippen MR) is 70.5 cm³/mol. The van der Waals surface area contributed by atoms with Gasteiger partial charge in [-0.3, -0.25) is 4.90 Å². The van der Waals surface area contributed by atoms with E-state index in [1.54, 1.807) is 0 Å². The van der Waals surface area contributed by atoms with E-state index in [-0.39, 0.29) is 0 Å². The molecule has 0 saturated carbocycles. The van der Waals surface area contributed by atoms with Crippen molar-refractivity contribution in [3.05, 3.63) is 47.3 Å². The van der Waals surface area contributed by atoms with E-state index >= 15 is 0 Å². The first-order valence-corrected chi connectivity index (χ1v) is 6.48. The van der Waals surface area contributed by atoms with Gasteiger partial charge in [-0.25, -0.2) is 6.57 Å². The van der Waals surface area contributed by atoms with Crippen LogP contribution in [0.25, 0.3) is 4.85 Å². The minimum atomic E-state index is 0.712. The number of rotatable bonds is 4. The first-order valence-electron chi connectivity index (χ1n) is 6.48. The monoisotopic (exact) mass is 228 g/mol. The zero-order valence-electron chi connectivity index (χ0n) is 10.3. The molecule has 0 bridgehead atoms. The van der Waals surface area contributed by atoms with Gasteiger partial charge in [0, 0.05) is 13.0 Å². The molecule has 1 aliphatic heterocycles. The summed E-state index contributed by atoms with van der Waals surface area (Å²) in [5.74, 6) is 0.788. The molecule has 1 heterocycles. The molecule has 0 unspecified atom stereocenters. The van der Waals surface area contributed by atoms with Gasteiger partial charge < -0.3 is 4.85 Å². The highest BCUT2D eigenvalue weighted by Crippen LogP contribution is 2.21. The topological polar surface area (TPSA) is 7.60 Å². The Balaban J connectivity index is 1.74. The summed E-state index contributed by atoms with van der Waals surface area (Å²) in [7, 11) is 0. The predicted octanol–water partition coefficient (Wildman–Crippen LogP) is 3.21. The van der Waals surface area contributed by atoms with Crippen LogP contribution in [0.15, 0.2) is 30.3 Å². The van der Waals surface area contributed by atoms with Gasteiger partial charge in [-0.05, 0) is 37.4 Å². The maximum Gasteiger partial charge on any atom is 0.214 e. The fourth-order valence-electron chi connectivity index (χ4n) is 2.52. The van der Waals surface area contributed by atoms with Crippen molar-refractivity contribution in [1.29, 1.82) is 0 Å². The number of benzene rings is 1. The van der Waals surface area contributed by atoms with E-state index in [0.717, 1.165) is 18.9 Å². The van der Waals surface area contributed by atoms with Crippen molar-refractivity contribution in [1.82, 2.24) is 4.90 Å². The summed E-state index contributed by atoms with van der Waals surface area (Å²) in [5, 5.41) is 0. The van der Waals surface area contributed by atoms with Crippen molar-refractivity contribution in [3.63, 3.8) is 0 Å². The van der Waals surface area contributed by atoms with Crippen LogP contribution < -0.4 is 0 Å². The van der Waals surface area contributed by atoms with Crippen LogP contribution in [0.1, 0.15) is 24.8 Å². The van der Waals surface area contributed by atoms with Crippen LogP contribution >= 0.6 is 0 Å². The lowest BCUT2D eigenvalue weighted by molar-refractivity contribution is 0.174. The number of likely N-dealkylation sites (tertiary alicyclic amines) is 1. The van der Waals surface area contributed by atoms with Gasteiger partial charge in [0.25, 0.3) is 0 Å². The standard InChI is InChI=1S/C15H20N2/c1-16-10-7-14-8-11-17(12-9-14)13-15-5-3-2-4-6-15/h2-6,14H,7-13H2. The van der Waals surface area contributed by atoms with Crippen LogP contribution in [0.2, 0.25) is 0 Å². The van der Waals surface area contributed by atoms with Crippen LogP contribution in [0.5, 0.6) is 0 Å². The lowest BCUT2D eigenvalue weighted by atomic mass is 9.93. The largest absolute Gasteiger partial charge is 0.317 e. The van der Waals surface area contributed by atoms with Crippen LogP contribution in [-0.2, 0) is 6.54 Å². The van der Waals surface area contributed by atoms with Gasteiger partial charge in [-0.1, -0.05) is 30.3 Å². The molecular formula is C15H20N2. The van der Waals surface area contributed by atoms with Gasteiger partial charge >= 0.3 is 0 Å². The molecule has 1 fully saturated rings. The average Bonchev–Trinajstić information content (AvgIpc) is 2.39. The molecule has 0 atom stereocenters. The van der Waals surface area contributed by atoms with E-state index in [1.807, 2.05) is 0 Å². The van der Waals surface area contributed by atoms with Crippen molar-refractivity contribution < 1.29 is 0 Å². The van der Waals surface area contributed by atoms with E-state index in [9.17, 15) is 0 Å². The molecule has 2 heteroatoms. The Bertz CT molecular complexity index is 358. The van der Waals surface area contributed by atoms with Crippen LogP contribution in [0.3, 0.4) is 0 Å². The highest BCUT2D eigenvalue weighted by atomic mass is 15.1. The molecular weight excluding hydrogens is 208 g/mol. The number of hydrogen-bond donors (Lipinski definition) is 0. The van der Waals surface area contributed by atoms with Crippen LogP contribution in [-0.4, -0.2) is 24.5 Å². The van der Waals surface area contributed by atoms with Gasteiger partial charge in [0.05, 0.1) is 0 Å². The minimum Gasteiger partial charge on any atom is -0.317 e. The molecule has 0 radical (unpaired) electrons. The highest BCUT2D eigenvalue weighted by molar-refractivity contribution is 5.14. The van der Waals surface area contributed by atoms with Crippen molar-refractivity contribution in [2.75, 3.05) is 19.6 Å². The van der Waals surface area contributed by atoms with Crippen molar-refractivity contribution >= 4 is 0 Å². The zero-order chi connectivity index (χ0) is 11.9. The molecule has 0 aromatic heterocycles. The summed E-state index contributed by atoms with van der Waals surface area (Å²) in [6.07, 6.45) is 3.63. The first-order chi connectivity index (χ1) is 8.38. The second kappa shape index (κ2) is 6.42. The lowest BCUT2D eigenvalue weighted by Gasteiger charge is -2.31. The molecule has 0 N–H and O–H groups in total. The van der Waals surface area contributed by atoms with Crippen LogP contribution in [0, 0.1) is 12.5 Å². The third-order valence-electron chi connectivity index (χ3n) is 3.61. The van der Waals surface area contributed by atoms with E-state index in [4.69, 9.17) is 6.57 Å². The third-order valence-corrected chi connectivity index (χ3v) is 3.61. The van der Waals surface area contributed by atoms with E-state index in [2.05, 4.69) is 40.1 Å². The molecule has 17 heavy (non-hydrogen) atoms. The number of hydrogen-bond acceptors (Lipinski definition) is 1. The van der Waals surface area contributed by atoms with Crippen molar-refractivity contribution in [3.8, 4) is 0 Å². The molecule has 1 saturated heterocycles. The smallest absolute Gasteiger partial charge is 0.214 e. The Hall–Kier alpha value is -1.33. The molecule has 0 amide bonds. The summed E-state index contributed by atoms with van der Waals surface area (Å²) in [6.45, 7) is 11.0. The van der Waals surface area contributed by atoms with Gasteiger partial charge in [0.1, 0.15) is 0 Å². The molecule has 1 aromatic rings. The zero-order valence-corrected chi connectivity index (χ0v) is 10.3. The fourth-order valence-corrected chi connectivity index (χ4v) is 2.52. The lowest BCUT2D eigenvalue weighted by Crippen LogP contribution is -2.33. The molecule has 1 aliphatic rings. The van der Waals surface area contributed by atoms with Crippen molar-refractivity contribution in [2.45, 2.75) is 25.8 Å². The summed E-state index contributed by atoms with van der Waals surface area (Å²) in [4.78, 5) is 5.98. The first kappa shape index (κ1) is 12.1. The van der Waals surface area contributed by atoms with E-state index in [0.29, 0.717) is 6.54 Å². The SMILES string of the molecule is [C-]#[N+]CCC1CCN(Cc2ccccc2)CC1. The van der Waals surface area contributed by atoms with Crippen LogP contribution in [0.4, 0.5) is 0 Å². The van der Waals surface area contributed by atoms with Gasteiger partial charge in [0.2, 0.25) is 6.54 Å². The molecule has 0 spiro atoms. The Morgan fingerprint density at radius 3 is 2.53 bits per heavy atom. The summed E-state index contributed by atoms with van der Waals surface area (Å²) in [5.41, 5.74) is 1.41. The number of nitrogens with zero attached hydrogens (tertiary/aromatic N) is 2. The average molecular weight is 228 g/mol. The molecule has 2 rings (SSSR count). The summed E-state index contributed by atoms with van der Waals surface area (Å²) >= 11 is 0. The van der Waals surface area contributed by atoms with E-state index in [1.165, 1.54) is 31.5 Å². The molecule has 1 aromatic carbocycles. The molecule has 0 aliphatic carbocycles. The third kappa shape index (κ3) is 3.87. The van der Waals surface area contributed by atoms with Crippen molar-refractivity contribution in [2.24, 2.45) is 5.92 Å². The Morgan fingerprint density at radius 2 is 1.88 bits per heavy atom. The maximum absolute atomic E-state index is 6.82. The second-order valence-corrected chi connectivity index (χ2v) is 4.88. The maximum atomic E-state index is 6.82. The van der Waals surface area contributed by atoms with Gasteiger partial charge in [0.15, 0.2) is 0 Å². The van der Waals surface area contributed by atoms with Gasteiger partial charge in [-0.2, -0.15) is 0 Å². The fraction of sp³-hybridized carbons (Fsp3) is 0.533. The quantitative estimate of drug-likeness (QED) is 0.718. The Kier molecular flexibility index (Phi) is 4.58. The molecule has 90 valence electrons. The second-order valence-electron chi connectivity index (χ2n) is 4.88. The minimum absolute atomic E-state index is 0.712. The Morgan fingerprint density at radius 1 is 1.18 bits per heavy atom. The normalized spacial score (nSPS) is 17.8.